The molecule has 0 spiro atoms. The van der Waals surface area contributed by atoms with Crippen LogP contribution in [0.25, 0.3) is 0 Å². The molecule has 1 N–H and O–H groups in total. The normalized spacial score (nSPS) is 21.1. The molecule has 1 atom stereocenters. The number of amides is 1. The van der Waals surface area contributed by atoms with Gasteiger partial charge in [-0.15, -0.1) is 0 Å². The molecular weight excluding hydrogens is 361 g/mol. The monoisotopic (exact) mass is 378 g/mol. The highest BCUT2D eigenvalue weighted by Crippen LogP contribution is 2.47. The molecule has 1 aliphatic carbocycles. The summed E-state index contributed by atoms with van der Waals surface area (Å²) in [4.78, 5) is 29.9. The van der Waals surface area contributed by atoms with Crippen molar-refractivity contribution in [2.75, 3.05) is 18.4 Å². The Balaban J connectivity index is 1.42. The molecule has 142 valence electrons. The van der Waals surface area contributed by atoms with Crippen LogP contribution in [0.2, 0.25) is 0 Å². The van der Waals surface area contributed by atoms with Crippen molar-refractivity contribution in [1.29, 1.82) is 0 Å². The molecular formula is C17H17F3N6O. The minimum Gasteiger partial charge on any atom is -0.345 e. The van der Waals surface area contributed by atoms with Gasteiger partial charge in [-0.3, -0.25) is 4.79 Å². The number of hydrogen-bond donors (Lipinski definition) is 1. The second-order valence-electron chi connectivity index (χ2n) is 6.91. The fraction of sp³-hybridized carbons (Fsp3) is 0.471. The van der Waals surface area contributed by atoms with Crippen molar-refractivity contribution in [3.05, 3.63) is 42.2 Å². The summed E-state index contributed by atoms with van der Waals surface area (Å²) in [5, 5.41) is 3.23. The fourth-order valence-corrected chi connectivity index (χ4v) is 3.27. The van der Waals surface area contributed by atoms with Crippen LogP contribution >= 0.6 is 0 Å². The lowest BCUT2D eigenvalue weighted by atomic mass is 10.1. The maximum absolute atomic E-state index is 12.8. The molecule has 0 radical (unpaired) electrons. The van der Waals surface area contributed by atoms with Gasteiger partial charge in [0, 0.05) is 43.4 Å². The lowest BCUT2D eigenvalue weighted by molar-refractivity contribution is -0.169. The topological polar surface area (TPSA) is 83.9 Å². The van der Waals surface area contributed by atoms with Crippen LogP contribution in [-0.2, 0) is 5.54 Å². The van der Waals surface area contributed by atoms with Crippen molar-refractivity contribution in [3.8, 4) is 0 Å². The van der Waals surface area contributed by atoms with E-state index in [1.807, 2.05) is 0 Å². The fourth-order valence-electron chi connectivity index (χ4n) is 3.27. The third kappa shape index (κ3) is 3.56. The smallest absolute Gasteiger partial charge is 0.345 e. The van der Waals surface area contributed by atoms with Gasteiger partial charge in [0.1, 0.15) is 6.33 Å². The molecule has 3 heterocycles. The summed E-state index contributed by atoms with van der Waals surface area (Å²) >= 11 is 0. The molecule has 0 bridgehead atoms. The highest BCUT2D eigenvalue weighted by Gasteiger charge is 2.46. The summed E-state index contributed by atoms with van der Waals surface area (Å²) in [5.74, 6) is -1.60. The number of aromatic nitrogens is 4. The molecule has 2 aliphatic rings. The van der Waals surface area contributed by atoms with E-state index in [1.54, 1.807) is 12.4 Å². The van der Waals surface area contributed by atoms with Crippen molar-refractivity contribution in [2.24, 2.45) is 5.92 Å². The van der Waals surface area contributed by atoms with Gasteiger partial charge >= 0.3 is 6.18 Å². The number of hydrogen-bond acceptors (Lipinski definition) is 6. The second kappa shape index (κ2) is 6.43. The van der Waals surface area contributed by atoms with Crippen LogP contribution in [-0.4, -0.2) is 50.0 Å². The number of anilines is 1. The summed E-state index contributed by atoms with van der Waals surface area (Å²) in [5.41, 5.74) is 0.807. The van der Waals surface area contributed by atoms with E-state index in [1.165, 1.54) is 23.6 Å². The predicted octanol–water partition coefficient (Wildman–Crippen LogP) is 2.39. The molecule has 2 aromatic rings. The highest BCUT2D eigenvalue weighted by molar-refractivity contribution is 5.93. The maximum Gasteiger partial charge on any atom is 0.393 e. The Morgan fingerprint density at radius 2 is 1.81 bits per heavy atom. The summed E-state index contributed by atoms with van der Waals surface area (Å²) in [6.45, 7) is -0.237. The number of nitrogens with one attached hydrogen (secondary N) is 1. The molecule has 2 fully saturated rings. The maximum atomic E-state index is 12.8. The first-order valence-electron chi connectivity index (χ1n) is 8.59. The number of nitrogens with zero attached hydrogens (tertiary/aromatic N) is 5. The van der Waals surface area contributed by atoms with Crippen molar-refractivity contribution < 1.29 is 18.0 Å². The first kappa shape index (κ1) is 17.6. The van der Waals surface area contributed by atoms with Crippen LogP contribution in [0.3, 0.4) is 0 Å². The first-order valence-corrected chi connectivity index (χ1v) is 8.59. The molecule has 0 aromatic carbocycles. The van der Waals surface area contributed by atoms with Gasteiger partial charge in [0.15, 0.2) is 0 Å². The average Bonchev–Trinajstić information content (AvgIpc) is 3.26. The quantitative estimate of drug-likeness (QED) is 0.880. The SMILES string of the molecule is O=C(c1cnc(NC2(c3cncnc3)CC2)nc1)N1CCC(C(F)(F)F)C1. The molecule has 1 unspecified atom stereocenters. The lowest BCUT2D eigenvalue weighted by Gasteiger charge is -2.19. The third-order valence-electron chi connectivity index (χ3n) is 5.05. The number of carbonyl (C=O) groups excluding carboxylic acids is 1. The summed E-state index contributed by atoms with van der Waals surface area (Å²) in [6.07, 6.45) is 5.03. The first-order chi connectivity index (χ1) is 12.9. The Bertz CT molecular complexity index is 823. The van der Waals surface area contributed by atoms with E-state index < -0.39 is 18.0 Å². The van der Waals surface area contributed by atoms with Gasteiger partial charge in [-0.2, -0.15) is 13.2 Å². The minimum atomic E-state index is -4.28. The molecule has 2 aromatic heterocycles. The molecule has 1 saturated heterocycles. The Morgan fingerprint density at radius 3 is 2.37 bits per heavy atom. The molecule has 1 amide bonds. The van der Waals surface area contributed by atoms with Gasteiger partial charge in [0.05, 0.1) is 17.0 Å². The number of halogens is 3. The largest absolute Gasteiger partial charge is 0.393 e. The number of likely N-dealkylation sites (tertiary alicyclic amines) is 1. The van der Waals surface area contributed by atoms with E-state index in [-0.39, 0.29) is 30.6 Å². The van der Waals surface area contributed by atoms with Crippen LogP contribution in [0.5, 0.6) is 0 Å². The minimum absolute atomic E-state index is 0.0720. The molecule has 1 aliphatic heterocycles. The Hall–Kier alpha value is -2.78. The predicted molar refractivity (Wildman–Crippen MR) is 88.7 cm³/mol. The van der Waals surface area contributed by atoms with Crippen molar-refractivity contribution >= 4 is 11.9 Å². The van der Waals surface area contributed by atoms with Gasteiger partial charge in [-0.25, -0.2) is 19.9 Å². The van der Waals surface area contributed by atoms with Gasteiger partial charge in [-0.1, -0.05) is 0 Å². The highest BCUT2D eigenvalue weighted by atomic mass is 19.4. The van der Waals surface area contributed by atoms with Gasteiger partial charge in [-0.05, 0) is 19.3 Å². The van der Waals surface area contributed by atoms with E-state index >= 15 is 0 Å². The number of alkyl halides is 3. The zero-order valence-corrected chi connectivity index (χ0v) is 14.3. The zero-order chi connectivity index (χ0) is 19.1. The van der Waals surface area contributed by atoms with E-state index in [4.69, 9.17) is 0 Å². The van der Waals surface area contributed by atoms with Crippen molar-refractivity contribution in [3.63, 3.8) is 0 Å². The average molecular weight is 378 g/mol. The van der Waals surface area contributed by atoms with Gasteiger partial charge in [0.2, 0.25) is 5.95 Å². The Labute approximate surface area is 153 Å². The van der Waals surface area contributed by atoms with Crippen molar-refractivity contribution in [1.82, 2.24) is 24.8 Å². The molecule has 10 heteroatoms. The van der Waals surface area contributed by atoms with Crippen LogP contribution in [0.1, 0.15) is 35.2 Å². The number of carbonyl (C=O) groups is 1. The van der Waals surface area contributed by atoms with Crippen molar-refractivity contribution in [2.45, 2.75) is 31.0 Å². The van der Waals surface area contributed by atoms with Crippen LogP contribution in [0.15, 0.2) is 31.1 Å². The molecule has 1 saturated carbocycles. The molecule has 4 rings (SSSR count). The van der Waals surface area contributed by atoms with E-state index in [0.717, 1.165) is 18.4 Å². The zero-order valence-electron chi connectivity index (χ0n) is 14.3. The lowest BCUT2D eigenvalue weighted by Crippen LogP contribution is -2.32. The molecule has 7 nitrogen and oxygen atoms in total. The summed E-state index contributed by atoms with van der Waals surface area (Å²) in [6, 6.07) is 0. The van der Waals surface area contributed by atoms with Gasteiger partial charge < -0.3 is 10.2 Å². The van der Waals surface area contributed by atoms with Gasteiger partial charge in [0.25, 0.3) is 5.91 Å². The summed E-state index contributed by atoms with van der Waals surface area (Å²) in [7, 11) is 0. The summed E-state index contributed by atoms with van der Waals surface area (Å²) < 4.78 is 38.3. The Kier molecular flexibility index (Phi) is 4.20. The van der Waals surface area contributed by atoms with E-state index in [9.17, 15) is 18.0 Å². The van der Waals surface area contributed by atoms with E-state index in [0.29, 0.717) is 5.95 Å². The van der Waals surface area contributed by atoms with E-state index in [2.05, 4.69) is 25.3 Å². The Morgan fingerprint density at radius 1 is 1.15 bits per heavy atom. The van der Waals surface area contributed by atoms with Crippen LogP contribution in [0.4, 0.5) is 19.1 Å². The number of rotatable bonds is 4. The molecule has 27 heavy (non-hydrogen) atoms. The van der Waals surface area contributed by atoms with Crippen LogP contribution in [0, 0.1) is 5.92 Å². The standard InChI is InChI=1S/C17H17F3N6O/c18-17(19,20)12-1-4-26(9-12)14(27)11-5-23-15(24-6-11)25-16(2-3-16)13-7-21-10-22-8-13/h5-8,10,12H,1-4,9H2,(H,23,24,25). The van der Waals surface area contributed by atoms with Crippen LogP contribution < -0.4 is 5.32 Å². The second-order valence-corrected chi connectivity index (χ2v) is 6.91. The third-order valence-corrected chi connectivity index (χ3v) is 5.05.